The molecule has 1 heterocycles. The third-order valence-corrected chi connectivity index (χ3v) is 4.55. The summed E-state index contributed by atoms with van der Waals surface area (Å²) in [7, 11) is 0. The number of nitrogens with zero attached hydrogens (tertiary/aromatic N) is 1. The molecule has 1 aliphatic heterocycles. The number of para-hydroxylation sites is 1. The molecule has 1 saturated heterocycles. The van der Waals surface area contributed by atoms with Gasteiger partial charge in [-0.1, -0.05) is 29.8 Å². The molecule has 0 atom stereocenters. The number of thiocarbonyl (C=S) groups is 1. The summed E-state index contributed by atoms with van der Waals surface area (Å²) in [5.41, 5.74) is 1.98. The number of ether oxygens (including phenoxy) is 1. The van der Waals surface area contributed by atoms with Gasteiger partial charge in [-0.3, -0.25) is 19.8 Å². The molecule has 0 aromatic heterocycles. The molecule has 0 saturated carbocycles. The molecule has 2 aromatic carbocycles. The molecule has 0 unspecified atom stereocenters. The smallest absolute Gasteiger partial charge is 0.270 e. The fourth-order valence-electron chi connectivity index (χ4n) is 2.77. The van der Waals surface area contributed by atoms with Gasteiger partial charge in [0.05, 0.1) is 12.3 Å². The zero-order valence-electron chi connectivity index (χ0n) is 14.8. The molecule has 3 rings (SSSR count). The minimum atomic E-state index is -0.558. The molecule has 138 valence electrons. The number of hydrogen-bond acceptors (Lipinski definition) is 4. The zero-order chi connectivity index (χ0) is 19.6. The van der Waals surface area contributed by atoms with Crippen molar-refractivity contribution in [3.8, 4) is 5.75 Å². The predicted molar refractivity (Wildman–Crippen MR) is 110 cm³/mol. The average molecular weight is 401 g/mol. The Labute approximate surface area is 167 Å². The number of aryl methyl sites for hydroxylation is 1. The van der Waals surface area contributed by atoms with Gasteiger partial charge >= 0.3 is 0 Å². The highest BCUT2D eigenvalue weighted by Gasteiger charge is 2.35. The van der Waals surface area contributed by atoms with Crippen molar-refractivity contribution in [2.24, 2.45) is 0 Å². The molecular weight excluding hydrogens is 384 g/mol. The van der Waals surface area contributed by atoms with Gasteiger partial charge in [-0.2, -0.15) is 0 Å². The number of rotatable bonds is 4. The fraction of sp³-hybridized carbons (Fsp3) is 0.150. The summed E-state index contributed by atoms with van der Waals surface area (Å²) in [6.07, 6.45) is 1.47. The second-order valence-electron chi connectivity index (χ2n) is 5.86. The summed E-state index contributed by atoms with van der Waals surface area (Å²) in [5, 5.41) is 3.10. The average Bonchev–Trinajstić information content (AvgIpc) is 2.62. The van der Waals surface area contributed by atoms with Gasteiger partial charge in [0.25, 0.3) is 11.8 Å². The summed E-state index contributed by atoms with van der Waals surface area (Å²) in [5.74, 6) is -0.525. The standard InChI is InChI=1S/C20H17ClN2O3S/c1-3-26-17-9-8-14(21)10-13(17)11-15-18(24)22-20(27)23(19(15)25)16-7-5-4-6-12(16)2/h4-11H,3H2,1-2H3,(H,22,24,27)/b15-11+. The van der Waals surface area contributed by atoms with Crippen LogP contribution in [0.15, 0.2) is 48.0 Å². The van der Waals surface area contributed by atoms with E-state index < -0.39 is 11.8 Å². The van der Waals surface area contributed by atoms with Crippen molar-refractivity contribution < 1.29 is 14.3 Å². The highest BCUT2D eigenvalue weighted by molar-refractivity contribution is 7.80. The Balaban J connectivity index is 2.08. The molecule has 1 N–H and O–H groups in total. The highest BCUT2D eigenvalue weighted by Crippen LogP contribution is 2.28. The molecule has 0 bridgehead atoms. The lowest BCUT2D eigenvalue weighted by molar-refractivity contribution is -0.122. The maximum absolute atomic E-state index is 13.1. The van der Waals surface area contributed by atoms with E-state index in [4.69, 9.17) is 28.6 Å². The molecule has 7 heteroatoms. The van der Waals surface area contributed by atoms with E-state index >= 15 is 0 Å². The summed E-state index contributed by atoms with van der Waals surface area (Å²) in [6, 6.07) is 12.4. The maximum Gasteiger partial charge on any atom is 0.270 e. The Bertz CT molecular complexity index is 971. The van der Waals surface area contributed by atoms with E-state index in [0.29, 0.717) is 28.6 Å². The molecule has 1 fully saturated rings. The van der Waals surface area contributed by atoms with Crippen LogP contribution in [0, 0.1) is 6.92 Å². The van der Waals surface area contributed by atoms with Crippen molar-refractivity contribution in [1.82, 2.24) is 5.32 Å². The van der Waals surface area contributed by atoms with Crippen LogP contribution in [0.2, 0.25) is 5.02 Å². The van der Waals surface area contributed by atoms with E-state index in [2.05, 4.69) is 5.32 Å². The Morgan fingerprint density at radius 3 is 2.67 bits per heavy atom. The van der Waals surface area contributed by atoms with Gasteiger partial charge in [0.2, 0.25) is 0 Å². The quantitative estimate of drug-likeness (QED) is 0.480. The van der Waals surface area contributed by atoms with Crippen LogP contribution in [-0.4, -0.2) is 23.5 Å². The summed E-state index contributed by atoms with van der Waals surface area (Å²) in [4.78, 5) is 26.9. The monoisotopic (exact) mass is 400 g/mol. The summed E-state index contributed by atoms with van der Waals surface area (Å²) >= 11 is 11.3. The number of anilines is 1. The Kier molecular flexibility index (Phi) is 5.58. The second-order valence-corrected chi connectivity index (χ2v) is 6.68. The minimum Gasteiger partial charge on any atom is -0.493 e. The molecule has 5 nitrogen and oxygen atoms in total. The largest absolute Gasteiger partial charge is 0.493 e. The molecular formula is C20H17ClN2O3S. The van der Waals surface area contributed by atoms with Crippen LogP contribution in [0.25, 0.3) is 6.08 Å². The van der Waals surface area contributed by atoms with Crippen molar-refractivity contribution >= 4 is 52.5 Å². The van der Waals surface area contributed by atoms with E-state index in [1.54, 1.807) is 24.3 Å². The first-order valence-electron chi connectivity index (χ1n) is 8.31. The first-order chi connectivity index (χ1) is 12.9. The van der Waals surface area contributed by atoms with Crippen LogP contribution in [0.5, 0.6) is 5.75 Å². The third-order valence-electron chi connectivity index (χ3n) is 4.03. The molecule has 27 heavy (non-hydrogen) atoms. The number of hydrogen-bond donors (Lipinski definition) is 1. The van der Waals surface area contributed by atoms with Gasteiger partial charge in [-0.25, -0.2) is 0 Å². The fourth-order valence-corrected chi connectivity index (χ4v) is 3.22. The summed E-state index contributed by atoms with van der Waals surface area (Å²) in [6.45, 7) is 4.16. The molecule has 2 aromatic rings. The van der Waals surface area contributed by atoms with E-state index in [9.17, 15) is 9.59 Å². The molecule has 0 aliphatic carbocycles. The van der Waals surface area contributed by atoms with E-state index in [-0.39, 0.29) is 10.7 Å². The number of carbonyl (C=O) groups is 2. The lowest BCUT2D eigenvalue weighted by Crippen LogP contribution is -2.54. The van der Waals surface area contributed by atoms with E-state index in [1.165, 1.54) is 11.0 Å². The van der Waals surface area contributed by atoms with Crippen molar-refractivity contribution in [2.45, 2.75) is 13.8 Å². The number of carbonyl (C=O) groups excluding carboxylic acids is 2. The van der Waals surface area contributed by atoms with Crippen molar-refractivity contribution in [1.29, 1.82) is 0 Å². The van der Waals surface area contributed by atoms with Crippen molar-refractivity contribution in [3.05, 3.63) is 64.2 Å². The van der Waals surface area contributed by atoms with Crippen LogP contribution in [0.4, 0.5) is 5.69 Å². The van der Waals surface area contributed by atoms with Gasteiger partial charge < -0.3 is 4.74 Å². The van der Waals surface area contributed by atoms with Gasteiger partial charge in [-0.15, -0.1) is 0 Å². The van der Waals surface area contributed by atoms with E-state index in [0.717, 1.165) is 5.56 Å². The van der Waals surface area contributed by atoms with Crippen LogP contribution in [0.1, 0.15) is 18.1 Å². The van der Waals surface area contributed by atoms with Crippen molar-refractivity contribution in [2.75, 3.05) is 11.5 Å². The normalized spacial score (nSPS) is 15.9. The number of benzene rings is 2. The van der Waals surface area contributed by atoms with Crippen LogP contribution < -0.4 is 15.0 Å². The SMILES string of the molecule is CCOc1ccc(Cl)cc1/C=C1\C(=O)NC(=S)N(c2ccccc2C)C1=O. The lowest BCUT2D eigenvalue weighted by atomic mass is 10.1. The lowest BCUT2D eigenvalue weighted by Gasteiger charge is -2.30. The van der Waals surface area contributed by atoms with Gasteiger partial charge in [0.15, 0.2) is 5.11 Å². The van der Waals surface area contributed by atoms with E-state index in [1.807, 2.05) is 32.0 Å². The Hall–Kier alpha value is -2.70. The first-order valence-corrected chi connectivity index (χ1v) is 9.10. The van der Waals surface area contributed by atoms with Crippen LogP contribution in [-0.2, 0) is 9.59 Å². The highest BCUT2D eigenvalue weighted by atomic mass is 35.5. The maximum atomic E-state index is 13.1. The van der Waals surface area contributed by atoms with Gasteiger partial charge in [-0.05, 0) is 62.0 Å². The molecule has 2 amide bonds. The van der Waals surface area contributed by atoms with Crippen LogP contribution >= 0.6 is 23.8 Å². The van der Waals surface area contributed by atoms with Crippen molar-refractivity contribution in [3.63, 3.8) is 0 Å². The number of amides is 2. The van der Waals surface area contributed by atoms with Gasteiger partial charge in [0, 0.05) is 10.6 Å². The topological polar surface area (TPSA) is 58.6 Å². The van der Waals surface area contributed by atoms with Gasteiger partial charge in [0.1, 0.15) is 11.3 Å². The Morgan fingerprint density at radius 2 is 1.96 bits per heavy atom. The minimum absolute atomic E-state index is 0.0462. The number of nitrogens with one attached hydrogen (secondary N) is 1. The molecule has 0 spiro atoms. The zero-order valence-corrected chi connectivity index (χ0v) is 16.4. The predicted octanol–water partition coefficient (Wildman–Crippen LogP) is 3.88. The second kappa shape index (κ2) is 7.90. The Morgan fingerprint density at radius 1 is 1.22 bits per heavy atom. The first kappa shape index (κ1) is 19.1. The third kappa shape index (κ3) is 3.86. The summed E-state index contributed by atoms with van der Waals surface area (Å²) < 4.78 is 5.57. The molecule has 0 radical (unpaired) electrons. The molecule has 1 aliphatic rings. The van der Waals surface area contributed by atoms with Crippen LogP contribution in [0.3, 0.4) is 0 Å². The number of halogens is 1.